The van der Waals surface area contributed by atoms with Crippen LogP contribution >= 0.6 is 0 Å². The molecule has 0 bridgehead atoms. The maximum absolute atomic E-state index is 11.6. The number of benzene rings is 1. The molecule has 116 valence electrons. The van der Waals surface area contributed by atoms with Crippen LogP contribution in [0.4, 0.5) is 10.5 Å². The van der Waals surface area contributed by atoms with Crippen molar-refractivity contribution < 1.29 is 14.6 Å². The number of ether oxygens (including phenoxy) is 1. The van der Waals surface area contributed by atoms with Crippen LogP contribution in [0.5, 0.6) is 5.75 Å². The minimum atomic E-state index is -0.405. The van der Waals surface area contributed by atoms with Crippen LogP contribution in [-0.4, -0.2) is 29.9 Å². The largest absolute Gasteiger partial charge is 0.490 e. The Morgan fingerprint density at radius 1 is 1.33 bits per heavy atom. The summed E-state index contributed by atoms with van der Waals surface area (Å²) in [5, 5.41) is 14.6. The Bertz CT molecular complexity index is 439. The summed E-state index contributed by atoms with van der Waals surface area (Å²) in [5.74, 6) is 0.849. The van der Waals surface area contributed by atoms with Gasteiger partial charge in [-0.05, 0) is 63.3 Å². The summed E-state index contributed by atoms with van der Waals surface area (Å²) in [6, 6.07) is 7.16. The van der Waals surface area contributed by atoms with Crippen LogP contribution in [0.15, 0.2) is 24.3 Å². The molecule has 1 aromatic carbocycles. The summed E-state index contributed by atoms with van der Waals surface area (Å²) in [4.78, 5) is 11.6. The van der Waals surface area contributed by atoms with E-state index in [2.05, 4.69) is 10.6 Å². The number of amides is 2. The van der Waals surface area contributed by atoms with E-state index < -0.39 is 6.10 Å². The molecular weight excluding hydrogens is 268 g/mol. The van der Waals surface area contributed by atoms with E-state index in [1.165, 1.54) is 12.8 Å². The topological polar surface area (TPSA) is 70.6 Å². The fourth-order valence-electron chi connectivity index (χ4n) is 2.39. The highest BCUT2D eigenvalue weighted by Gasteiger charge is 2.16. The molecule has 1 fully saturated rings. The van der Waals surface area contributed by atoms with Gasteiger partial charge in [-0.25, -0.2) is 4.79 Å². The Balaban J connectivity index is 1.74. The van der Waals surface area contributed by atoms with Crippen molar-refractivity contribution >= 4 is 11.7 Å². The van der Waals surface area contributed by atoms with Crippen molar-refractivity contribution in [2.75, 3.05) is 11.9 Å². The fraction of sp³-hybridized carbons (Fsp3) is 0.562. The molecular formula is C16H24N2O3. The second-order valence-electron chi connectivity index (χ2n) is 5.57. The fourth-order valence-corrected chi connectivity index (χ4v) is 2.39. The van der Waals surface area contributed by atoms with Gasteiger partial charge in [0.2, 0.25) is 0 Å². The molecule has 0 radical (unpaired) electrons. The van der Waals surface area contributed by atoms with E-state index in [9.17, 15) is 4.79 Å². The van der Waals surface area contributed by atoms with Gasteiger partial charge in [-0.3, -0.25) is 0 Å². The lowest BCUT2D eigenvalue weighted by molar-refractivity contribution is 0.184. The van der Waals surface area contributed by atoms with Gasteiger partial charge in [0, 0.05) is 12.2 Å². The van der Waals surface area contributed by atoms with Crippen molar-refractivity contribution in [2.24, 2.45) is 0 Å². The van der Waals surface area contributed by atoms with Gasteiger partial charge in [-0.1, -0.05) is 0 Å². The third-order valence-corrected chi connectivity index (χ3v) is 3.56. The quantitative estimate of drug-likeness (QED) is 0.755. The molecule has 21 heavy (non-hydrogen) atoms. The summed E-state index contributed by atoms with van der Waals surface area (Å²) in [7, 11) is 0. The number of nitrogens with one attached hydrogen (secondary N) is 2. The Morgan fingerprint density at radius 2 is 2.00 bits per heavy atom. The van der Waals surface area contributed by atoms with E-state index in [0.29, 0.717) is 19.1 Å². The molecule has 1 aliphatic rings. The highest BCUT2D eigenvalue weighted by atomic mass is 16.5. The third kappa shape index (κ3) is 5.63. The Hall–Kier alpha value is -1.75. The first-order valence-electron chi connectivity index (χ1n) is 7.63. The molecule has 1 atom stereocenters. The Labute approximate surface area is 125 Å². The molecule has 0 aromatic heterocycles. The summed E-state index contributed by atoms with van der Waals surface area (Å²) in [6.07, 6.45) is 5.23. The zero-order chi connectivity index (χ0) is 15.1. The Kier molecular flexibility index (Phi) is 5.87. The van der Waals surface area contributed by atoms with E-state index in [4.69, 9.17) is 9.84 Å². The van der Waals surface area contributed by atoms with Crippen molar-refractivity contribution in [1.82, 2.24) is 5.32 Å². The highest BCUT2D eigenvalue weighted by molar-refractivity contribution is 5.89. The molecule has 5 nitrogen and oxygen atoms in total. The van der Waals surface area contributed by atoms with Crippen LogP contribution in [-0.2, 0) is 0 Å². The molecule has 1 aliphatic carbocycles. The smallest absolute Gasteiger partial charge is 0.319 e. The molecule has 2 rings (SSSR count). The standard InChI is InChI=1S/C16H24N2O3/c1-12(19)10-11-17-16(20)18-13-6-8-15(9-7-13)21-14-4-2-3-5-14/h6-9,12,14,19H,2-5,10-11H2,1H3,(H2,17,18,20). The van der Waals surface area contributed by atoms with Gasteiger partial charge < -0.3 is 20.5 Å². The SMILES string of the molecule is CC(O)CCNC(=O)Nc1ccc(OC2CCCC2)cc1. The van der Waals surface area contributed by atoms with Gasteiger partial charge >= 0.3 is 6.03 Å². The van der Waals surface area contributed by atoms with E-state index in [0.717, 1.165) is 24.3 Å². The number of aliphatic hydroxyl groups is 1. The average molecular weight is 292 g/mol. The van der Waals surface area contributed by atoms with E-state index in [1.54, 1.807) is 6.92 Å². The van der Waals surface area contributed by atoms with Gasteiger partial charge in [0.15, 0.2) is 0 Å². The predicted octanol–water partition coefficient (Wildman–Crippen LogP) is 2.90. The number of rotatable bonds is 6. The molecule has 2 amide bonds. The first-order chi connectivity index (χ1) is 10.1. The molecule has 5 heteroatoms. The maximum Gasteiger partial charge on any atom is 0.319 e. The highest BCUT2D eigenvalue weighted by Crippen LogP contribution is 2.24. The molecule has 1 saturated carbocycles. The van der Waals surface area contributed by atoms with Crippen LogP contribution in [0, 0.1) is 0 Å². The number of hydrogen-bond donors (Lipinski definition) is 3. The average Bonchev–Trinajstić information content (AvgIpc) is 2.93. The summed E-state index contributed by atoms with van der Waals surface area (Å²) in [5.41, 5.74) is 0.725. The minimum Gasteiger partial charge on any atom is -0.490 e. The lowest BCUT2D eigenvalue weighted by atomic mass is 10.2. The Morgan fingerprint density at radius 3 is 2.62 bits per heavy atom. The lowest BCUT2D eigenvalue weighted by Crippen LogP contribution is -2.30. The van der Waals surface area contributed by atoms with Crippen molar-refractivity contribution in [3.05, 3.63) is 24.3 Å². The van der Waals surface area contributed by atoms with Crippen molar-refractivity contribution in [1.29, 1.82) is 0 Å². The van der Waals surface area contributed by atoms with Crippen LogP contribution in [0.3, 0.4) is 0 Å². The van der Waals surface area contributed by atoms with Gasteiger partial charge in [-0.15, -0.1) is 0 Å². The summed E-state index contributed by atoms with van der Waals surface area (Å²) >= 11 is 0. The number of aliphatic hydroxyl groups excluding tert-OH is 1. The summed E-state index contributed by atoms with van der Waals surface area (Å²) in [6.45, 7) is 2.15. The second kappa shape index (κ2) is 7.88. The van der Waals surface area contributed by atoms with Crippen molar-refractivity contribution in [3.8, 4) is 5.75 Å². The van der Waals surface area contributed by atoms with Crippen LogP contribution < -0.4 is 15.4 Å². The second-order valence-corrected chi connectivity index (χ2v) is 5.57. The third-order valence-electron chi connectivity index (χ3n) is 3.56. The molecule has 0 spiro atoms. The number of carbonyl (C=O) groups is 1. The van der Waals surface area contributed by atoms with Gasteiger partial charge in [0.25, 0.3) is 0 Å². The lowest BCUT2D eigenvalue weighted by Gasteiger charge is -2.13. The van der Waals surface area contributed by atoms with Crippen molar-refractivity contribution in [3.63, 3.8) is 0 Å². The van der Waals surface area contributed by atoms with E-state index >= 15 is 0 Å². The molecule has 3 N–H and O–H groups in total. The predicted molar refractivity (Wildman–Crippen MR) is 82.6 cm³/mol. The molecule has 0 heterocycles. The van der Waals surface area contributed by atoms with Crippen LogP contribution in [0.25, 0.3) is 0 Å². The normalized spacial score (nSPS) is 16.5. The maximum atomic E-state index is 11.6. The molecule has 0 saturated heterocycles. The number of urea groups is 1. The number of hydrogen-bond acceptors (Lipinski definition) is 3. The van der Waals surface area contributed by atoms with Crippen molar-refractivity contribution in [2.45, 2.75) is 51.2 Å². The monoisotopic (exact) mass is 292 g/mol. The summed E-state index contributed by atoms with van der Waals surface area (Å²) < 4.78 is 5.87. The van der Waals surface area contributed by atoms with Gasteiger partial charge in [0.05, 0.1) is 12.2 Å². The van der Waals surface area contributed by atoms with E-state index in [1.807, 2.05) is 24.3 Å². The van der Waals surface area contributed by atoms with E-state index in [-0.39, 0.29) is 6.03 Å². The molecule has 1 aromatic rings. The van der Waals surface area contributed by atoms with Crippen LogP contribution in [0.1, 0.15) is 39.0 Å². The molecule has 1 unspecified atom stereocenters. The molecule has 0 aliphatic heterocycles. The zero-order valence-electron chi connectivity index (χ0n) is 12.5. The van der Waals surface area contributed by atoms with Gasteiger partial charge in [0.1, 0.15) is 5.75 Å². The first-order valence-corrected chi connectivity index (χ1v) is 7.63. The van der Waals surface area contributed by atoms with Crippen LogP contribution in [0.2, 0.25) is 0 Å². The minimum absolute atomic E-state index is 0.264. The zero-order valence-corrected chi connectivity index (χ0v) is 12.5. The first kappa shape index (κ1) is 15.6. The van der Waals surface area contributed by atoms with Gasteiger partial charge in [-0.2, -0.15) is 0 Å². The number of carbonyl (C=O) groups excluding carboxylic acids is 1. The number of anilines is 1.